The number of hydrogen-bond acceptors (Lipinski definition) is 4. The number of ether oxygens (including phenoxy) is 2. The highest BCUT2D eigenvalue weighted by atomic mass is 35.5. The van der Waals surface area contributed by atoms with Gasteiger partial charge in [0.05, 0.1) is 30.5 Å². The van der Waals surface area contributed by atoms with Gasteiger partial charge in [-0.2, -0.15) is 5.26 Å². The van der Waals surface area contributed by atoms with Crippen molar-refractivity contribution in [1.82, 2.24) is 4.57 Å². The summed E-state index contributed by atoms with van der Waals surface area (Å²) in [6, 6.07) is 15.2. The molecule has 1 aromatic heterocycles. The van der Waals surface area contributed by atoms with Crippen LogP contribution in [0.5, 0.6) is 5.75 Å². The first kappa shape index (κ1) is 19.6. The van der Waals surface area contributed by atoms with Crippen molar-refractivity contribution in [2.45, 2.75) is 6.42 Å². The summed E-state index contributed by atoms with van der Waals surface area (Å²) in [6.45, 7) is 0.263. The van der Waals surface area contributed by atoms with Crippen molar-refractivity contribution in [2.75, 3.05) is 24.9 Å². The Labute approximate surface area is 168 Å². The van der Waals surface area contributed by atoms with Crippen molar-refractivity contribution < 1.29 is 14.3 Å². The van der Waals surface area contributed by atoms with Gasteiger partial charge in [-0.25, -0.2) is 4.79 Å². The smallest absolute Gasteiger partial charge is 0.411 e. The Morgan fingerprint density at radius 2 is 2.11 bits per heavy atom. The van der Waals surface area contributed by atoms with Crippen molar-refractivity contribution in [3.8, 4) is 23.1 Å². The fourth-order valence-electron chi connectivity index (χ4n) is 3.11. The van der Waals surface area contributed by atoms with E-state index < -0.39 is 6.09 Å². The molecule has 0 aliphatic carbocycles. The van der Waals surface area contributed by atoms with Crippen LogP contribution in [0, 0.1) is 11.3 Å². The molecule has 2 aromatic carbocycles. The van der Waals surface area contributed by atoms with Gasteiger partial charge >= 0.3 is 6.09 Å². The van der Waals surface area contributed by atoms with E-state index in [1.165, 1.54) is 0 Å². The van der Waals surface area contributed by atoms with Crippen LogP contribution in [0.3, 0.4) is 0 Å². The molecule has 0 fully saturated rings. The molecule has 0 aliphatic heterocycles. The Morgan fingerprint density at radius 1 is 1.29 bits per heavy atom. The summed E-state index contributed by atoms with van der Waals surface area (Å²) in [4.78, 5) is 11.9. The molecule has 144 valence electrons. The Hall–Kier alpha value is -3.17. The van der Waals surface area contributed by atoms with Gasteiger partial charge in [-0.05, 0) is 30.7 Å². The minimum Gasteiger partial charge on any atom is -0.497 e. The molecule has 1 heterocycles. The van der Waals surface area contributed by atoms with Gasteiger partial charge in [0.15, 0.2) is 0 Å². The molecule has 0 saturated heterocycles. The molecule has 0 bridgehead atoms. The number of nitriles is 1. The van der Waals surface area contributed by atoms with Crippen LogP contribution in [0.4, 0.5) is 10.5 Å². The van der Waals surface area contributed by atoms with Crippen LogP contribution >= 0.6 is 11.6 Å². The lowest BCUT2D eigenvalue weighted by molar-refractivity contribution is 0.162. The second-order valence-corrected chi connectivity index (χ2v) is 6.54. The monoisotopic (exact) mass is 397 g/mol. The number of anilines is 1. The number of aryl methyl sites for hydroxylation is 1. The number of methoxy groups -OCH3 is 1. The number of nitrogens with one attached hydrogen (secondary N) is 1. The fraction of sp³-hybridized carbons (Fsp3) is 0.238. The molecule has 3 rings (SSSR count). The number of hydrogen-bond donors (Lipinski definition) is 1. The number of carbonyl (C=O) groups is 1. The van der Waals surface area contributed by atoms with E-state index in [0.717, 1.165) is 27.9 Å². The Balaban J connectivity index is 1.98. The zero-order valence-electron chi connectivity index (χ0n) is 15.7. The number of halogens is 1. The van der Waals surface area contributed by atoms with E-state index in [1.54, 1.807) is 13.2 Å². The third-order valence-corrected chi connectivity index (χ3v) is 4.68. The molecule has 0 aliphatic rings. The topological polar surface area (TPSA) is 76.3 Å². The number of alkyl halides is 1. The summed E-state index contributed by atoms with van der Waals surface area (Å²) in [6.07, 6.45) is 0.0597. The second kappa shape index (κ2) is 8.68. The highest BCUT2D eigenvalue weighted by Crippen LogP contribution is 2.35. The summed E-state index contributed by atoms with van der Waals surface area (Å²) in [5.74, 6) is 1.16. The van der Waals surface area contributed by atoms with Crippen LogP contribution in [-0.2, 0) is 11.8 Å². The van der Waals surface area contributed by atoms with Crippen molar-refractivity contribution in [1.29, 1.82) is 5.26 Å². The fourth-order valence-corrected chi connectivity index (χ4v) is 3.22. The first-order valence-electron chi connectivity index (χ1n) is 8.75. The molecule has 6 nitrogen and oxygen atoms in total. The molecular formula is C21H20ClN3O3. The predicted molar refractivity (Wildman–Crippen MR) is 110 cm³/mol. The SMILES string of the molecule is COc1ccc2c(C#N)c(-c3cccc(NC(=O)OCCCCl)c3)n(C)c2c1. The van der Waals surface area contributed by atoms with Crippen LogP contribution < -0.4 is 10.1 Å². The van der Waals surface area contributed by atoms with Gasteiger partial charge in [-0.15, -0.1) is 11.6 Å². The maximum absolute atomic E-state index is 11.9. The van der Waals surface area contributed by atoms with E-state index in [9.17, 15) is 10.1 Å². The van der Waals surface area contributed by atoms with E-state index in [0.29, 0.717) is 23.6 Å². The molecule has 0 saturated carbocycles. The summed E-state index contributed by atoms with van der Waals surface area (Å²) in [5, 5.41) is 13.3. The lowest BCUT2D eigenvalue weighted by Crippen LogP contribution is -2.14. The second-order valence-electron chi connectivity index (χ2n) is 6.16. The number of nitrogens with zero attached hydrogens (tertiary/aromatic N) is 2. The van der Waals surface area contributed by atoms with E-state index >= 15 is 0 Å². The van der Waals surface area contributed by atoms with Gasteiger partial charge in [0, 0.05) is 35.6 Å². The quantitative estimate of drug-likeness (QED) is 0.474. The van der Waals surface area contributed by atoms with Crippen LogP contribution in [0.25, 0.3) is 22.2 Å². The van der Waals surface area contributed by atoms with Crippen LogP contribution in [0.2, 0.25) is 0 Å². The van der Waals surface area contributed by atoms with E-state index in [2.05, 4.69) is 11.4 Å². The average molecular weight is 398 g/mol. The first-order chi connectivity index (χ1) is 13.6. The zero-order valence-corrected chi connectivity index (χ0v) is 16.4. The van der Waals surface area contributed by atoms with Gasteiger partial charge in [-0.1, -0.05) is 12.1 Å². The largest absolute Gasteiger partial charge is 0.497 e. The minimum atomic E-state index is -0.537. The van der Waals surface area contributed by atoms with Crippen molar-refractivity contribution in [3.05, 3.63) is 48.0 Å². The number of carbonyl (C=O) groups excluding carboxylic acids is 1. The molecule has 3 aromatic rings. The number of rotatable bonds is 6. The summed E-state index contributed by atoms with van der Waals surface area (Å²) < 4.78 is 12.3. The summed E-state index contributed by atoms with van der Waals surface area (Å²) >= 11 is 5.58. The highest BCUT2D eigenvalue weighted by Gasteiger charge is 2.17. The van der Waals surface area contributed by atoms with E-state index in [4.69, 9.17) is 21.1 Å². The van der Waals surface area contributed by atoms with Gasteiger partial charge in [0.25, 0.3) is 0 Å². The molecule has 0 spiro atoms. The highest BCUT2D eigenvalue weighted by molar-refractivity contribution is 6.17. The number of benzene rings is 2. The standard InChI is InChI=1S/C21H20ClN3O3/c1-25-19-12-16(27-2)7-8-17(19)18(13-23)20(25)14-5-3-6-15(11-14)24-21(26)28-10-4-9-22/h3,5-8,11-12H,4,9-10H2,1-2H3,(H,24,26). The normalized spacial score (nSPS) is 10.5. The number of fused-ring (bicyclic) bond motifs is 1. The summed E-state index contributed by atoms with van der Waals surface area (Å²) in [7, 11) is 3.51. The minimum absolute atomic E-state index is 0.263. The van der Waals surface area contributed by atoms with Crippen molar-refractivity contribution in [3.63, 3.8) is 0 Å². The Kier molecular flexibility index (Phi) is 6.07. The van der Waals surface area contributed by atoms with Crippen molar-refractivity contribution >= 4 is 34.3 Å². The number of amides is 1. The number of aromatic nitrogens is 1. The van der Waals surface area contributed by atoms with Gasteiger partial charge in [0.1, 0.15) is 11.8 Å². The van der Waals surface area contributed by atoms with Crippen LogP contribution in [0.15, 0.2) is 42.5 Å². The molecule has 7 heteroatoms. The Bertz CT molecular complexity index is 1050. The molecule has 0 radical (unpaired) electrons. The van der Waals surface area contributed by atoms with Crippen molar-refractivity contribution in [2.24, 2.45) is 7.05 Å². The van der Waals surface area contributed by atoms with E-state index in [1.807, 2.05) is 48.0 Å². The molecule has 1 N–H and O–H groups in total. The molecule has 0 unspecified atom stereocenters. The predicted octanol–water partition coefficient (Wildman–Crippen LogP) is 4.90. The zero-order chi connectivity index (χ0) is 20.1. The van der Waals surface area contributed by atoms with E-state index in [-0.39, 0.29) is 6.61 Å². The molecular weight excluding hydrogens is 378 g/mol. The maximum atomic E-state index is 11.9. The molecule has 0 atom stereocenters. The van der Waals surface area contributed by atoms with Gasteiger partial charge in [0.2, 0.25) is 0 Å². The lowest BCUT2D eigenvalue weighted by atomic mass is 10.1. The first-order valence-corrected chi connectivity index (χ1v) is 9.29. The van der Waals surface area contributed by atoms with Crippen LogP contribution in [0.1, 0.15) is 12.0 Å². The Morgan fingerprint density at radius 3 is 2.82 bits per heavy atom. The lowest BCUT2D eigenvalue weighted by Gasteiger charge is -2.10. The van der Waals surface area contributed by atoms with Gasteiger partial charge in [-0.3, -0.25) is 5.32 Å². The maximum Gasteiger partial charge on any atom is 0.411 e. The molecule has 1 amide bonds. The molecule has 28 heavy (non-hydrogen) atoms. The average Bonchev–Trinajstić information content (AvgIpc) is 2.99. The third-order valence-electron chi connectivity index (χ3n) is 4.41. The van der Waals surface area contributed by atoms with Crippen LogP contribution in [-0.4, -0.2) is 30.3 Å². The third kappa shape index (κ3) is 3.90. The van der Waals surface area contributed by atoms with Gasteiger partial charge < -0.3 is 14.0 Å². The summed E-state index contributed by atoms with van der Waals surface area (Å²) in [5.41, 5.74) is 3.63.